The lowest BCUT2D eigenvalue weighted by Gasteiger charge is -2.11. The molecule has 0 aliphatic carbocycles. The zero-order valence-electron chi connectivity index (χ0n) is 21.1. The van der Waals surface area contributed by atoms with Crippen LogP contribution in [0, 0.1) is 6.92 Å². The van der Waals surface area contributed by atoms with Gasteiger partial charge in [-0.3, -0.25) is 9.82 Å². The van der Waals surface area contributed by atoms with E-state index < -0.39 is 6.09 Å². The summed E-state index contributed by atoms with van der Waals surface area (Å²) in [5, 5.41) is 6.41. The highest BCUT2D eigenvalue weighted by Gasteiger charge is 2.15. The lowest BCUT2D eigenvalue weighted by molar-refractivity contribution is 0.151. The summed E-state index contributed by atoms with van der Waals surface area (Å²) in [7, 11) is 0. The Morgan fingerprint density at radius 1 is 1.08 bits per heavy atom. The average molecular weight is 486 g/mol. The van der Waals surface area contributed by atoms with E-state index >= 15 is 0 Å². The number of hydrogen-bond acceptors (Lipinski definition) is 5. The molecule has 0 atom stereocenters. The molecule has 0 unspecified atom stereocenters. The summed E-state index contributed by atoms with van der Waals surface area (Å²) in [6.07, 6.45) is 17.4. The van der Waals surface area contributed by atoms with E-state index in [4.69, 9.17) is 9.82 Å². The number of imidazole rings is 1. The minimum absolute atomic E-state index is 0.548. The van der Waals surface area contributed by atoms with Gasteiger partial charge in [0.25, 0.3) is 0 Å². The SMILES string of the molecule is C/C=C\C=C/Cc1c(-c2ccccc2)nc(C)n1CCCCCCNC(=O)O/N=C/c1cccnc1. The second-order valence-corrected chi connectivity index (χ2v) is 8.37. The molecular weight excluding hydrogens is 450 g/mol. The zero-order chi connectivity index (χ0) is 25.4. The molecule has 0 fully saturated rings. The van der Waals surface area contributed by atoms with Crippen LogP contribution in [0.4, 0.5) is 4.79 Å². The minimum Gasteiger partial charge on any atom is -0.331 e. The van der Waals surface area contributed by atoms with Crippen molar-refractivity contribution in [1.82, 2.24) is 19.9 Å². The number of nitrogens with zero attached hydrogens (tertiary/aromatic N) is 4. The second kappa shape index (κ2) is 15.1. The van der Waals surface area contributed by atoms with Gasteiger partial charge in [0.05, 0.1) is 11.9 Å². The van der Waals surface area contributed by atoms with Gasteiger partial charge in [-0.25, -0.2) is 9.78 Å². The van der Waals surface area contributed by atoms with Crippen molar-refractivity contribution < 1.29 is 9.63 Å². The van der Waals surface area contributed by atoms with Crippen LogP contribution in [0.3, 0.4) is 0 Å². The summed E-state index contributed by atoms with van der Waals surface area (Å²) in [4.78, 5) is 25.4. The maximum absolute atomic E-state index is 11.7. The number of carbonyl (C=O) groups is 1. The van der Waals surface area contributed by atoms with Gasteiger partial charge in [-0.15, -0.1) is 0 Å². The second-order valence-electron chi connectivity index (χ2n) is 8.37. The Balaban J connectivity index is 1.43. The molecule has 0 saturated heterocycles. The number of unbranched alkanes of at least 4 members (excludes halogenated alkanes) is 3. The maximum atomic E-state index is 11.7. The van der Waals surface area contributed by atoms with Crippen molar-refractivity contribution in [1.29, 1.82) is 0 Å². The molecule has 1 N–H and O–H groups in total. The van der Waals surface area contributed by atoms with E-state index in [0.29, 0.717) is 6.54 Å². The van der Waals surface area contributed by atoms with Gasteiger partial charge < -0.3 is 9.88 Å². The van der Waals surface area contributed by atoms with Crippen LogP contribution < -0.4 is 5.32 Å². The fraction of sp³-hybridized carbons (Fsp3) is 0.310. The number of benzene rings is 1. The Kier molecular flexibility index (Phi) is 11.2. The quantitative estimate of drug-likeness (QED) is 0.102. The summed E-state index contributed by atoms with van der Waals surface area (Å²) >= 11 is 0. The van der Waals surface area contributed by atoms with Crippen molar-refractivity contribution in [3.63, 3.8) is 0 Å². The predicted octanol–water partition coefficient (Wildman–Crippen LogP) is 6.25. The number of aromatic nitrogens is 3. The van der Waals surface area contributed by atoms with Gasteiger partial charge in [-0.1, -0.05) is 78.7 Å². The highest BCUT2D eigenvalue weighted by Crippen LogP contribution is 2.25. The lowest BCUT2D eigenvalue weighted by atomic mass is 10.1. The van der Waals surface area contributed by atoms with Crippen LogP contribution >= 0.6 is 0 Å². The van der Waals surface area contributed by atoms with Gasteiger partial charge >= 0.3 is 6.09 Å². The molecule has 7 nitrogen and oxygen atoms in total. The third kappa shape index (κ3) is 8.65. The molecule has 1 amide bonds. The molecule has 3 aromatic rings. The summed E-state index contributed by atoms with van der Waals surface area (Å²) in [6, 6.07) is 14.0. The molecule has 0 radical (unpaired) electrons. The normalized spacial score (nSPS) is 11.6. The molecule has 0 aliphatic rings. The largest absolute Gasteiger partial charge is 0.433 e. The maximum Gasteiger partial charge on any atom is 0.433 e. The smallest absolute Gasteiger partial charge is 0.331 e. The summed E-state index contributed by atoms with van der Waals surface area (Å²) in [5.74, 6) is 1.04. The first-order valence-electron chi connectivity index (χ1n) is 12.5. The van der Waals surface area contributed by atoms with E-state index in [0.717, 1.165) is 61.3 Å². The van der Waals surface area contributed by atoms with Crippen LogP contribution in [-0.2, 0) is 17.8 Å². The number of oxime groups is 1. The van der Waals surface area contributed by atoms with E-state index in [9.17, 15) is 4.79 Å². The summed E-state index contributed by atoms with van der Waals surface area (Å²) in [6.45, 7) is 5.59. The van der Waals surface area contributed by atoms with Crippen molar-refractivity contribution in [3.8, 4) is 11.3 Å². The zero-order valence-corrected chi connectivity index (χ0v) is 21.1. The van der Waals surface area contributed by atoms with E-state index in [2.05, 4.69) is 63.4 Å². The number of carbonyl (C=O) groups excluding carboxylic acids is 1. The molecule has 0 bridgehead atoms. The number of allylic oxidation sites excluding steroid dienone is 4. The predicted molar refractivity (Wildman–Crippen MR) is 145 cm³/mol. The van der Waals surface area contributed by atoms with Gasteiger partial charge in [-0.2, -0.15) is 0 Å². The summed E-state index contributed by atoms with van der Waals surface area (Å²) < 4.78 is 2.35. The van der Waals surface area contributed by atoms with Crippen molar-refractivity contribution in [2.24, 2.45) is 5.16 Å². The van der Waals surface area contributed by atoms with E-state index in [-0.39, 0.29) is 0 Å². The van der Waals surface area contributed by atoms with Crippen molar-refractivity contribution in [2.45, 2.75) is 52.5 Å². The monoisotopic (exact) mass is 485 g/mol. The van der Waals surface area contributed by atoms with Crippen molar-refractivity contribution >= 4 is 12.3 Å². The molecule has 2 aromatic heterocycles. The van der Waals surface area contributed by atoms with E-state index in [1.54, 1.807) is 18.5 Å². The number of rotatable bonds is 13. The first-order valence-corrected chi connectivity index (χ1v) is 12.5. The third-order valence-electron chi connectivity index (χ3n) is 5.66. The molecule has 0 aliphatic heterocycles. The van der Waals surface area contributed by atoms with Gasteiger partial charge in [0.15, 0.2) is 0 Å². The Morgan fingerprint density at radius 3 is 2.69 bits per heavy atom. The van der Waals surface area contributed by atoms with Crippen LogP contribution in [0.25, 0.3) is 11.3 Å². The highest BCUT2D eigenvalue weighted by molar-refractivity contribution is 5.79. The Morgan fingerprint density at radius 2 is 1.92 bits per heavy atom. The van der Waals surface area contributed by atoms with Crippen LogP contribution in [0.15, 0.2) is 84.3 Å². The fourth-order valence-electron chi connectivity index (χ4n) is 3.87. The molecule has 0 saturated carbocycles. The first kappa shape index (κ1) is 26.6. The third-order valence-corrected chi connectivity index (χ3v) is 5.66. The van der Waals surface area contributed by atoms with Crippen molar-refractivity contribution in [3.05, 3.63) is 96.2 Å². The van der Waals surface area contributed by atoms with E-state index in [1.807, 2.05) is 31.2 Å². The number of amides is 1. The summed E-state index contributed by atoms with van der Waals surface area (Å²) in [5.41, 5.74) is 4.23. The first-order chi connectivity index (χ1) is 17.7. The molecule has 1 aromatic carbocycles. The topological polar surface area (TPSA) is 81.4 Å². The molecule has 0 spiro atoms. The Bertz CT molecular complexity index is 1150. The molecule has 2 heterocycles. The standard InChI is InChI=1S/C29H35N5O2/c1-3-4-5-11-18-27-28(26-16-9-8-10-17-26)33-24(2)34(27)21-13-7-6-12-20-31-29(35)36-32-23-25-15-14-19-30-22-25/h3-5,8-11,14-17,19,22-23H,6-7,12-13,18,20-21H2,1-2H3,(H,31,35)/b4-3-,11-5-,32-23+. The lowest BCUT2D eigenvalue weighted by Crippen LogP contribution is -2.23. The highest BCUT2D eigenvalue weighted by atomic mass is 16.7. The van der Waals surface area contributed by atoms with Crippen molar-refractivity contribution in [2.75, 3.05) is 6.54 Å². The Labute approximate surface area is 213 Å². The number of hydrogen-bond donors (Lipinski definition) is 1. The van der Waals surface area contributed by atoms with Crippen LogP contribution in [0.2, 0.25) is 0 Å². The van der Waals surface area contributed by atoms with Crippen LogP contribution in [0.5, 0.6) is 0 Å². The fourth-order valence-corrected chi connectivity index (χ4v) is 3.87. The van der Waals surface area contributed by atoms with Gasteiger partial charge in [-0.05, 0) is 32.8 Å². The number of aryl methyl sites for hydroxylation is 1. The van der Waals surface area contributed by atoms with E-state index in [1.165, 1.54) is 11.9 Å². The molecule has 3 rings (SSSR count). The molecule has 188 valence electrons. The van der Waals surface area contributed by atoms with Crippen LogP contribution in [0.1, 0.15) is 49.7 Å². The molecular formula is C29H35N5O2. The molecule has 36 heavy (non-hydrogen) atoms. The van der Waals surface area contributed by atoms with Gasteiger partial charge in [0, 0.05) is 48.7 Å². The van der Waals surface area contributed by atoms with Gasteiger partial charge in [0.2, 0.25) is 0 Å². The van der Waals surface area contributed by atoms with Crippen LogP contribution in [-0.4, -0.2) is 33.4 Å². The number of nitrogens with one attached hydrogen (secondary N) is 1. The minimum atomic E-state index is -0.548. The Hall–Kier alpha value is -4.00. The molecule has 7 heteroatoms. The van der Waals surface area contributed by atoms with Gasteiger partial charge in [0.1, 0.15) is 5.82 Å². The average Bonchev–Trinajstić information content (AvgIpc) is 3.22. The number of pyridine rings is 1.